The average Bonchev–Trinajstić information content (AvgIpc) is 2.43. The topological polar surface area (TPSA) is 98.5 Å². The Bertz CT molecular complexity index is 583. The quantitative estimate of drug-likeness (QED) is 0.493. The maximum atomic E-state index is 11.9. The van der Waals surface area contributed by atoms with Crippen molar-refractivity contribution in [1.82, 2.24) is 5.32 Å². The Labute approximate surface area is 128 Å². The number of hydrogen-bond acceptors (Lipinski definition) is 5. The molecule has 0 saturated heterocycles. The van der Waals surface area contributed by atoms with E-state index in [1.54, 1.807) is 0 Å². The van der Waals surface area contributed by atoms with Gasteiger partial charge in [-0.05, 0) is 25.8 Å². The van der Waals surface area contributed by atoms with Gasteiger partial charge in [0.2, 0.25) is 0 Å². The second kappa shape index (κ2) is 7.53. The number of carbonyl (C=O) groups is 2. The molecule has 7 heteroatoms. The lowest BCUT2D eigenvalue weighted by Gasteiger charge is -2.17. The highest BCUT2D eigenvalue weighted by Crippen LogP contribution is 2.23. The summed E-state index contributed by atoms with van der Waals surface area (Å²) < 4.78 is 4.86. The van der Waals surface area contributed by atoms with Crippen LogP contribution in [0, 0.1) is 23.0 Å². The van der Waals surface area contributed by atoms with Crippen molar-refractivity contribution in [2.75, 3.05) is 6.61 Å². The Morgan fingerprint density at radius 1 is 1.32 bits per heavy atom. The summed E-state index contributed by atoms with van der Waals surface area (Å²) in [6, 6.07) is 4.31. The van der Waals surface area contributed by atoms with E-state index in [2.05, 4.69) is 5.32 Å². The van der Waals surface area contributed by atoms with Crippen molar-refractivity contribution in [2.45, 2.75) is 33.7 Å². The summed E-state index contributed by atoms with van der Waals surface area (Å²) in [5.41, 5.74) is -0.101. The van der Waals surface area contributed by atoms with Gasteiger partial charge < -0.3 is 10.1 Å². The number of amides is 1. The predicted octanol–water partition coefficient (Wildman–Crippen LogP) is 2.22. The van der Waals surface area contributed by atoms with Crippen LogP contribution in [0.1, 0.15) is 36.7 Å². The van der Waals surface area contributed by atoms with Crippen molar-refractivity contribution >= 4 is 17.6 Å². The molecule has 7 nitrogen and oxygen atoms in total. The molecule has 0 aromatic heterocycles. The van der Waals surface area contributed by atoms with E-state index in [0.29, 0.717) is 5.56 Å². The summed E-state index contributed by atoms with van der Waals surface area (Å²) in [5, 5.41) is 13.7. The molecule has 1 amide bonds. The van der Waals surface area contributed by atoms with Gasteiger partial charge in [-0.3, -0.25) is 14.9 Å². The number of benzene rings is 1. The van der Waals surface area contributed by atoms with Gasteiger partial charge in [0.1, 0.15) is 5.56 Å². The van der Waals surface area contributed by atoms with Crippen molar-refractivity contribution in [3.63, 3.8) is 0 Å². The van der Waals surface area contributed by atoms with Gasteiger partial charge in [-0.25, -0.2) is 4.79 Å². The van der Waals surface area contributed by atoms with Crippen LogP contribution in [0.5, 0.6) is 0 Å². The Kier molecular flexibility index (Phi) is 6.03. The highest BCUT2D eigenvalue weighted by Gasteiger charge is 2.24. The molecule has 0 bridgehead atoms. The monoisotopic (exact) mass is 308 g/mol. The predicted molar refractivity (Wildman–Crippen MR) is 80.6 cm³/mol. The first-order valence-electron chi connectivity index (χ1n) is 6.94. The summed E-state index contributed by atoms with van der Waals surface area (Å²) in [6.07, 6.45) is 0. The van der Waals surface area contributed by atoms with E-state index >= 15 is 0 Å². The van der Waals surface area contributed by atoms with Gasteiger partial charge in [-0.15, -0.1) is 0 Å². The number of hydrogen-bond donors (Lipinski definition) is 1. The number of esters is 1. The van der Waals surface area contributed by atoms with E-state index in [4.69, 9.17) is 4.74 Å². The standard InChI is InChI=1S/C15H20N2O5/c1-9(2)11(4)16-13(18)8-22-15(19)12-7-5-6-10(3)14(12)17(20)21/h5-7,9,11H,8H2,1-4H3,(H,16,18)/t11-/m1/s1. The van der Waals surface area contributed by atoms with E-state index < -0.39 is 23.4 Å². The minimum atomic E-state index is -0.886. The van der Waals surface area contributed by atoms with Crippen LogP contribution in [0.3, 0.4) is 0 Å². The summed E-state index contributed by atoms with van der Waals surface area (Å²) in [6.45, 7) is 6.81. The first kappa shape index (κ1) is 17.6. The molecule has 0 aliphatic carbocycles. The fraction of sp³-hybridized carbons (Fsp3) is 0.467. The van der Waals surface area contributed by atoms with E-state index in [1.165, 1.54) is 25.1 Å². The fourth-order valence-corrected chi connectivity index (χ4v) is 1.74. The zero-order chi connectivity index (χ0) is 16.9. The minimum absolute atomic E-state index is 0.0560. The van der Waals surface area contributed by atoms with Crippen molar-refractivity contribution in [2.24, 2.45) is 5.92 Å². The molecule has 120 valence electrons. The Morgan fingerprint density at radius 3 is 2.50 bits per heavy atom. The van der Waals surface area contributed by atoms with Gasteiger partial charge in [0.15, 0.2) is 6.61 Å². The zero-order valence-electron chi connectivity index (χ0n) is 13.1. The number of carbonyl (C=O) groups excluding carboxylic acids is 2. The van der Waals surface area contributed by atoms with Gasteiger partial charge in [0.05, 0.1) is 4.92 Å². The van der Waals surface area contributed by atoms with Crippen LogP contribution in [0.2, 0.25) is 0 Å². The number of nitro groups is 1. The van der Waals surface area contributed by atoms with Crippen LogP contribution in [0.4, 0.5) is 5.69 Å². The van der Waals surface area contributed by atoms with Crippen LogP contribution in [-0.2, 0) is 9.53 Å². The van der Waals surface area contributed by atoms with Gasteiger partial charge in [0.25, 0.3) is 11.6 Å². The van der Waals surface area contributed by atoms with Crippen molar-refractivity contribution in [3.05, 3.63) is 39.4 Å². The maximum Gasteiger partial charge on any atom is 0.345 e. The number of nitrogens with one attached hydrogen (secondary N) is 1. The molecule has 0 heterocycles. The second-order valence-electron chi connectivity index (χ2n) is 5.40. The van der Waals surface area contributed by atoms with Gasteiger partial charge in [-0.1, -0.05) is 26.0 Å². The Morgan fingerprint density at radius 2 is 1.95 bits per heavy atom. The van der Waals surface area contributed by atoms with Crippen LogP contribution in [0.25, 0.3) is 0 Å². The molecule has 1 aromatic rings. The largest absolute Gasteiger partial charge is 0.452 e. The van der Waals surface area contributed by atoms with Crippen molar-refractivity contribution in [1.29, 1.82) is 0 Å². The first-order chi connectivity index (χ1) is 10.2. The molecule has 0 unspecified atom stereocenters. The smallest absolute Gasteiger partial charge is 0.345 e. The summed E-state index contributed by atoms with van der Waals surface area (Å²) in [4.78, 5) is 34.0. The lowest BCUT2D eigenvalue weighted by atomic mass is 10.1. The SMILES string of the molecule is Cc1cccc(C(=O)OCC(=O)N[C@H](C)C(C)C)c1[N+](=O)[O-]. The van der Waals surface area contributed by atoms with E-state index in [9.17, 15) is 19.7 Å². The van der Waals surface area contributed by atoms with Crippen LogP contribution in [0.15, 0.2) is 18.2 Å². The molecule has 1 aromatic carbocycles. The highest BCUT2D eigenvalue weighted by molar-refractivity contribution is 5.95. The number of aryl methyl sites for hydroxylation is 1. The van der Waals surface area contributed by atoms with Crippen LogP contribution >= 0.6 is 0 Å². The number of ether oxygens (including phenoxy) is 1. The van der Waals surface area contributed by atoms with Crippen molar-refractivity contribution < 1.29 is 19.2 Å². The summed E-state index contributed by atoms with van der Waals surface area (Å²) in [7, 11) is 0. The molecule has 0 saturated carbocycles. The van der Waals surface area contributed by atoms with Gasteiger partial charge >= 0.3 is 5.97 Å². The van der Waals surface area contributed by atoms with Gasteiger partial charge in [0, 0.05) is 11.6 Å². The number of para-hydroxylation sites is 1. The number of nitro benzene ring substituents is 1. The van der Waals surface area contributed by atoms with Crippen molar-refractivity contribution in [3.8, 4) is 0 Å². The zero-order valence-corrected chi connectivity index (χ0v) is 13.1. The lowest BCUT2D eigenvalue weighted by molar-refractivity contribution is -0.385. The Hall–Kier alpha value is -2.44. The maximum absolute atomic E-state index is 11.9. The third-order valence-electron chi connectivity index (χ3n) is 3.36. The molecule has 0 fully saturated rings. The molecular formula is C15H20N2O5. The van der Waals surface area contributed by atoms with Crippen LogP contribution in [-0.4, -0.2) is 29.4 Å². The first-order valence-corrected chi connectivity index (χ1v) is 6.94. The van der Waals surface area contributed by atoms with E-state index in [0.717, 1.165) is 0 Å². The number of rotatable bonds is 6. The molecule has 1 rings (SSSR count). The Balaban J connectivity index is 2.73. The summed E-state index contributed by atoms with van der Waals surface area (Å²) >= 11 is 0. The van der Waals surface area contributed by atoms with Gasteiger partial charge in [-0.2, -0.15) is 0 Å². The third kappa shape index (κ3) is 4.54. The lowest BCUT2D eigenvalue weighted by Crippen LogP contribution is -2.38. The number of nitrogens with zero attached hydrogens (tertiary/aromatic N) is 1. The molecule has 0 spiro atoms. The summed E-state index contributed by atoms with van der Waals surface area (Å²) in [5.74, 6) is -1.08. The highest BCUT2D eigenvalue weighted by atomic mass is 16.6. The minimum Gasteiger partial charge on any atom is -0.452 e. The molecular weight excluding hydrogens is 288 g/mol. The molecule has 0 aliphatic rings. The normalized spacial score (nSPS) is 11.9. The fourth-order valence-electron chi connectivity index (χ4n) is 1.74. The second-order valence-corrected chi connectivity index (χ2v) is 5.40. The molecule has 0 radical (unpaired) electrons. The molecule has 22 heavy (non-hydrogen) atoms. The van der Waals surface area contributed by atoms with E-state index in [1.807, 2.05) is 20.8 Å². The molecule has 0 aliphatic heterocycles. The molecule has 1 N–H and O–H groups in total. The third-order valence-corrected chi connectivity index (χ3v) is 3.36. The van der Waals surface area contributed by atoms with Crippen LogP contribution < -0.4 is 5.32 Å². The van der Waals surface area contributed by atoms with E-state index in [-0.39, 0.29) is 23.2 Å². The molecule has 1 atom stereocenters. The average molecular weight is 308 g/mol.